The van der Waals surface area contributed by atoms with Crippen molar-refractivity contribution in [1.82, 2.24) is 9.78 Å². The minimum Gasteiger partial charge on any atom is -0.497 e. The second kappa shape index (κ2) is 7.00. The number of aryl methyl sites for hydroxylation is 1. The van der Waals surface area contributed by atoms with Crippen LogP contribution in [0.2, 0.25) is 0 Å². The smallest absolute Gasteiger partial charge is 0.280 e. The molecule has 0 saturated heterocycles. The van der Waals surface area contributed by atoms with Crippen LogP contribution in [0.25, 0.3) is 5.69 Å². The van der Waals surface area contributed by atoms with Crippen molar-refractivity contribution in [2.24, 2.45) is 0 Å². The van der Waals surface area contributed by atoms with Crippen LogP contribution in [0.4, 0.5) is 5.69 Å². The van der Waals surface area contributed by atoms with E-state index in [9.17, 15) is 9.59 Å². The van der Waals surface area contributed by atoms with Gasteiger partial charge < -0.3 is 10.1 Å². The molecule has 0 aliphatic rings. The molecular formula is C19H17N3O3. The fourth-order valence-electron chi connectivity index (χ4n) is 2.34. The SMILES string of the molecule is COc1ccc(NC(=O)c2nn(-c3cccc(C)c3)ccc2=O)cc1. The molecule has 3 aromatic rings. The average molecular weight is 335 g/mol. The summed E-state index contributed by atoms with van der Waals surface area (Å²) in [5.41, 5.74) is 1.79. The van der Waals surface area contributed by atoms with Crippen LogP contribution in [0, 0.1) is 6.92 Å². The average Bonchev–Trinajstić information content (AvgIpc) is 2.62. The fraction of sp³-hybridized carbons (Fsp3) is 0.105. The van der Waals surface area contributed by atoms with Gasteiger partial charge in [0.2, 0.25) is 5.43 Å². The van der Waals surface area contributed by atoms with Crippen LogP contribution in [-0.2, 0) is 0 Å². The van der Waals surface area contributed by atoms with Gasteiger partial charge in [-0.15, -0.1) is 0 Å². The van der Waals surface area contributed by atoms with Crippen molar-refractivity contribution in [3.63, 3.8) is 0 Å². The first-order valence-corrected chi connectivity index (χ1v) is 7.69. The van der Waals surface area contributed by atoms with E-state index in [0.717, 1.165) is 11.3 Å². The highest BCUT2D eigenvalue weighted by Gasteiger charge is 2.14. The Balaban J connectivity index is 1.89. The zero-order valence-corrected chi connectivity index (χ0v) is 13.9. The number of ether oxygens (including phenoxy) is 1. The molecule has 3 rings (SSSR count). The topological polar surface area (TPSA) is 73.2 Å². The highest BCUT2D eigenvalue weighted by Crippen LogP contribution is 2.15. The van der Waals surface area contributed by atoms with Gasteiger partial charge in [0.1, 0.15) is 5.75 Å². The minimum atomic E-state index is -0.558. The van der Waals surface area contributed by atoms with Crippen LogP contribution in [-0.4, -0.2) is 22.8 Å². The molecule has 1 aromatic heterocycles. The van der Waals surface area contributed by atoms with Gasteiger partial charge in [0, 0.05) is 18.0 Å². The summed E-state index contributed by atoms with van der Waals surface area (Å²) in [5.74, 6) is 0.120. The van der Waals surface area contributed by atoms with Gasteiger partial charge >= 0.3 is 0 Å². The summed E-state index contributed by atoms with van der Waals surface area (Å²) in [6.45, 7) is 1.96. The van der Waals surface area contributed by atoms with Crippen LogP contribution in [0.1, 0.15) is 16.1 Å². The lowest BCUT2D eigenvalue weighted by Crippen LogP contribution is -2.25. The van der Waals surface area contributed by atoms with E-state index in [1.807, 2.05) is 31.2 Å². The van der Waals surface area contributed by atoms with Crippen LogP contribution < -0.4 is 15.5 Å². The summed E-state index contributed by atoms with van der Waals surface area (Å²) in [6.07, 6.45) is 1.54. The van der Waals surface area contributed by atoms with Gasteiger partial charge in [0.25, 0.3) is 5.91 Å². The van der Waals surface area contributed by atoms with Gasteiger partial charge in [-0.2, -0.15) is 5.10 Å². The number of methoxy groups -OCH3 is 1. The van der Waals surface area contributed by atoms with E-state index in [1.54, 1.807) is 37.6 Å². The van der Waals surface area contributed by atoms with Crippen LogP contribution in [0.5, 0.6) is 5.75 Å². The van der Waals surface area contributed by atoms with Gasteiger partial charge in [-0.3, -0.25) is 9.59 Å². The number of carbonyl (C=O) groups is 1. The highest BCUT2D eigenvalue weighted by molar-refractivity contribution is 6.02. The Hall–Kier alpha value is -3.41. The summed E-state index contributed by atoms with van der Waals surface area (Å²) in [5, 5.41) is 6.85. The van der Waals surface area contributed by atoms with Crippen molar-refractivity contribution < 1.29 is 9.53 Å². The molecule has 6 heteroatoms. The molecule has 0 aliphatic heterocycles. The summed E-state index contributed by atoms with van der Waals surface area (Å²) >= 11 is 0. The first-order valence-electron chi connectivity index (χ1n) is 7.69. The maximum absolute atomic E-state index is 12.4. The van der Waals surface area contributed by atoms with E-state index in [-0.39, 0.29) is 5.69 Å². The van der Waals surface area contributed by atoms with E-state index >= 15 is 0 Å². The second-order valence-electron chi connectivity index (χ2n) is 5.49. The minimum absolute atomic E-state index is 0.167. The number of hydrogen-bond donors (Lipinski definition) is 1. The van der Waals surface area contributed by atoms with Crippen molar-refractivity contribution in [3.8, 4) is 11.4 Å². The summed E-state index contributed by atoms with van der Waals surface area (Å²) in [7, 11) is 1.56. The molecule has 0 aliphatic carbocycles. The molecular weight excluding hydrogens is 318 g/mol. The molecule has 6 nitrogen and oxygen atoms in total. The Morgan fingerprint density at radius 2 is 1.88 bits per heavy atom. The number of amides is 1. The van der Waals surface area contributed by atoms with Crippen molar-refractivity contribution in [1.29, 1.82) is 0 Å². The van der Waals surface area contributed by atoms with E-state index in [0.29, 0.717) is 11.4 Å². The van der Waals surface area contributed by atoms with Crippen molar-refractivity contribution in [2.75, 3.05) is 12.4 Å². The zero-order chi connectivity index (χ0) is 17.8. The van der Waals surface area contributed by atoms with Crippen LogP contribution in [0.3, 0.4) is 0 Å². The number of benzene rings is 2. The molecule has 126 valence electrons. The number of rotatable bonds is 4. The lowest BCUT2D eigenvalue weighted by molar-refractivity contribution is 0.101. The summed E-state index contributed by atoms with van der Waals surface area (Å²) in [6, 6.07) is 15.8. The Bertz CT molecular complexity index is 962. The predicted octanol–water partition coefficient (Wildman–Crippen LogP) is 2.80. The monoisotopic (exact) mass is 335 g/mol. The normalized spacial score (nSPS) is 10.3. The largest absolute Gasteiger partial charge is 0.497 e. The molecule has 0 saturated carbocycles. The van der Waals surface area contributed by atoms with Gasteiger partial charge in [-0.1, -0.05) is 12.1 Å². The van der Waals surface area contributed by atoms with Crippen molar-refractivity contribution in [2.45, 2.75) is 6.92 Å². The van der Waals surface area contributed by atoms with Crippen LogP contribution in [0.15, 0.2) is 65.6 Å². The molecule has 0 unspecified atom stereocenters. The maximum atomic E-state index is 12.4. The van der Waals surface area contributed by atoms with E-state index in [4.69, 9.17) is 4.74 Å². The first kappa shape index (κ1) is 16.4. The van der Waals surface area contributed by atoms with Gasteiger partial charge in [-0.25, -0.2) is 4.68 Å². The highest BCUT2D eigenvalue weighted by atomic mass is 16.5. The van der Waals surface area contributed by atoms with Gasteiger partial charge in [0.15, 0.2) is 5.69 Å². The molecule has 1 N–H and O–H groups in total. The Labute approximate surface area is 144 Å². The molecule has 0 bridgehead atoms. The molecule has 0 radical (unpaired) electrons. The predicted molar refractivity (Wildman–Crippen MR) is 95.5 cm³/mol. The lowest BCUT2D eigenvalue weighted by Gasteiger charge is -2.09. The molecule has 0 fully saturated rings. The molecule has 0 atom stereocenters. The molecule has 25 heavy (non-hydrogen) atoms. The Morgan fingerprint density at radius 1 is 1.12 bits per heavy atom. The number of nitrogens with one attached hydrogen (secondary N) is 1. The molecule has 1 amide bonds. The summed E-state index contributed by atoms with van der Waals surface area (Å²) < 4.78 is 6.59. The molecule has 2 aromatic carbocycles. The molecule has 1 heterocycles. The third kappa shape index (κ3) is 3.74. The standard InChI is InChI=1S/C19H17N3O3/c1-13-4-3-5-15(12-13)22-11-10-17(23)18(21-22)19(24)20-14-6-8-16(25-2)9-7-14/h3-12H,1-2H3,(H,20,24). The Morgan fingerprint density at radius 3 is 2.56 bits per heavy atom. The third-order valence-corrected chi connectivity index (χ3v) is 3.64. The Kier molecular flexibility index (Phi) is 4.61. The van der Waals surface area contributed by atoms with Gasteiger partial charge in [0.05, 0.1) is 12.8 Å². The summed E-state index contributed by atoms with van der Waals surface area (Å²) in [4.78, 5) is 24.5. The number of aromatic nitrogens is 2. The van der Waals surface area contributed by atoms with E-state index < -0.39 is 11.3 Å². The lowest BCUT2D eigenvalue weighted by atomic mass is 10.2. The molecule has 0 spiro atoms. The fourth-order valence-corrected chi connectivity index (χ4v) is 2.34. The first-order chi connectivity index (χ1) is 12.1. The maximum Gasteiger partial charge on any atom is 0.280 e. The van der Waals surface area contributed by atoms with Gasteiger partial charge in [-0.05, 0) is 48.9 Å². The van der Waals surface area contributed by atoms with Crippen molar-refractivity contribution in [3.05, 3.63) is 82.3 Å². The zero-order valence-electron chi connectivity index (χ0n) is 13.9. The van der Waals surface area contributed by atoms with Crippen molar-refractivity contribution >= 4 is 11.6 Å². The van der Waals surface area contributed by atoms with E-state index in [1.165, 1.54) is 10.7 Å². The number of hydrogen-bond acceptors (Lipinski definition) is 4. The quantitative estimate of drug-likeness (QED) is 0.796. The number of anilines is 1. The second-order valence-corrected chi connectivity index (χ2v) is 5.49. The number of nitrogens with zero attached hydrogens (tertiary/aromatic N) is 2. The third-order valence-electron chi connectivity index (χ3n) is 3.64. The number of carbonyl (C=O) groups excluding carboxylic acids is 1. The van der Waals surface area contributed by atoms with E-state index in [2.05, 4.69) is 10.4 Å². The van der Waals surface area contributed by atoms with Crippen LogP contribution >= 0.6 is 0 Å².